The van der Waals surface area contributed by atoms with E-state index in [4.69, 9.17) is 5.73 Å². The number of amides is 2. The van der Waals surface area contributed by atoms with Crippen molar-refractivity contribution < 1.29 is 14.0 Å². The summed E-state index contributed by atoms with van der Waals surface area (Å²) in [4.78, 5) is 33.8. The van der Waals surface area contributed by atoms with Crippen LogP contribution in [0.4, 0.5) is 10.2 Å². The lowest BCUT2D eigenvalue weighted by atomic mass is 10.0. The van der Waals surface area contributed by atoms with Crippen molar-refractivity contribution in [2.24, 2.45) is 10.7 Å². The van der Waals surface area contributed by atoms with Gasteiger partial charge < -0.3 is 21.3 Å². The van der Waals surface area contributed by atoms with Crippen LogP contribution >= 0.6 is 0 Å². The van der Waals surface area contributed by atoms with Crippen molar-refractivity contribution >= 4 is 29.4 Å². The Balaban J connectivity index is 2.01. The highest BCUT2D eigenvalue weighted by molar-refractivity contribution is 6.14. The molecule has 0 aromatic carbocycles. The van der Waals surface area contributed by atoms with E-state index < -0.39 is 5.82 Å². The van der Waals surface area contributed by atoms with Gasteiger partial charge in [-0.2, -0.15) is 0 Å². The highest BCUT2D eigenvalue weighted by atomic mass is 19.1. The molecule has 9 heteroatoms. The van der Waals surface area contributed by atoms with E-state index in [-0.39, 0.29) is 41.3 Å². The third-order valence-corrected chi connectivity index (χ3v) is 4.61. The van der Waals surface area contributed by atoms with E-state index in [9.17, 15) is 9.59 Å². The Labute approximate surface area is 156 Å². The minimum Gasteiger partial charge on any atom is -0.404 e. The largest absolute Gasteiger partial charge is 0.404 e. The molecule has 142 valence electrons. The predicted octanol–water partition coefficient (Wildman–Crippen LogP) is 0.345. The zero-order chi connectivity index (χ0) is 19.6. The number of aromatic nitrogens is 1. The first-order valence-corrected chi connectivity index (χ1v) is 8.53. The first-order chi connectivity index (χ1) is 13.0. The fraction of sp³-hybridized carbons (Fsp3) is 0.333. The molecule has 2 aliphatic rings. The fourth-order valence-electron chi connectivity index (χ4n) is 3.34. The van der Waals surface area contributed by atoms with Gasteiger partial charge in [0.1, 0.15) is 0 Å². The molecular weight excluding hydrogens is 351 g/mol. The van der Waals surface area contributed by atoms with Crippen molar-refractivity contribution in [3.05, 3.63) is 41.5 Å². The van der Waals surface area contributed by atoms with Crippen molar-refractivity contribution in [3.63, 3.8) is 0 Å². The van der Waals surface area contributed by atoms with Gasteiger partial charge in [0, 0.05) is 56.3 Å². The summed E-state index contributed by atoms with van der Waals surface area (Å²) in [6, 6.07) is -0.130. The van der Waals surface area contributed by atoms with Gasteiger partial charge in [0.05, 0.1) is 11.3 Å². The van der Waals surface area contributed by atoms with Crippen LogP contribution in [0.1, 0.15) is 28.0 Å². The number of hydrogen-bond donors (Lipinski definition) is 3. The molecule has 2 amide bonds. The van der Waals surface area contributed by atoms with Gasteiger partial charge >= 0.3 is 0 Å². The summed E-state index contributed by atoms with van der Waals surface area (Å²) in [5.74, 6) is -1.06. The molecule has 1 aromatic heterocycles. The molecule has 2 aliphatic heterocycles. The van der Waals surface area contributed by atoms with Gasteiger partial charge in [-0.1, -0.05) is 6.58 Å². The van der Waals surface area contributed by atoms with Crippen molar-refractivity contribution in [2.75, 3.05) is 25.0 Å². The predicted molar refractivity (Wildman–Crippen MR) is 101 cm³/mol. The molecule has 0 bridgehead atoms. The van der Waals surface area contributed by atoms with Gasteiger partial charge in [0.15, 0.2) is 11.6 Å². The van der Waals surface area contributed by atoms with Gasteiger partial charge in [-0.3, -0.25) is 14.6 Å². The number of rotatable bonds is 5. The quantitative estimate of drug-likeness (QED) is 0.510. The second kappa shape index (κ2) is 7.56. The van der Waals surface area contributed by atoms with Crippen LogP contribution in [0.5, 0.6) is 0 Å². The molecule has 0 saturated carbocycles. The molecule has 4 N–H and O–H groups in total. The molecule has 3 rings (SSSR count). The lowest BCUT2D eigenvalue weighted by Crippen LogP contribution is -2.36. The van der Waals surface area contributed by atoms with Crippen LogP contribution < -0.4 is 21.3 Å². The number of hydrogen-bond acceptors (Lipinski definition) is 6. The van der Waals surface area contributed by atoms with Crippen LogP contribution in [0.3, 0.4) is 0 Å². The van der Waals surface area contributed by atoms with E-state index in [1.807, 2.05) is 0 Å². The SMILES string of the molecule is C=CC(=O)NC1CCN(c2nc(C(C=NC)=CN)c3c(c2F)CNC3=O)C1. The molecule has 0 radical (unpaired) electrons. The maximum absolute atomic E-state index is 15.1. The molecule has 0 spiro atoms. The first kappa shape index (κ1) is 18.6. The van der Waals surface area contributed by atoms with E-state index in [1.54, 1.807) is 11.9 Å². The zero-order valence-electron chi connectivity index (χ0n) is 15.0. The third kappa shape index (κ3) is 3.40. The number of halogens is 1. The average Bonchev–Trinajstić information content (AvgIpc) is 3.28. The molecule has 1 aromatic rings. The van der Waals surface area contributed by atoms with E-state index >= 15 is 4.39 Å². The molecule has 27 heavy (non-hydrogen) atoms. The van der Waals surface area contributed by atoms with Gasteiger partial charge in [0.2, 0.25) is 5.91 Å². The van der Waals surface area contributed by atoms with Gasteiger partial charge in [-0.25, -0.2) is 9.37 Å². The van der Waals surface area contributed by atoms with Crippen molar-refractivity contribution in [3.8, 4) is 0 Å². The summed E-state index contributed by atoms with van der Waals surface area (Å²) in [5.41, 5.74) is 6.85. The number of nitrogens with zero attached hydrogens (tertiary/aromatic N) is 3. The zero-order valence-corrected chi connectivity index (χ0v) is 15.0. The monoisotopic (exact) mass is 372 g/mol. The number of pyridine rings is 1. The molecule has 1 fully saturated rings. The van der Waals surface area contributed by atoms with Crippen LogP contribution in [-0.4, -0.2) is 49.2 Å². The Bertz CT molecular complexity index is 864. The summed E-state index contributed by atoms with van der Waals surface area (Å²) in [7, 11) is 1.57. The van der Waals surface area contributed by atoms with E-state index in [2.05, 4.69) is 27.2 Å². The topological polar surface area (TPSA) is 113 Å². The summed E-state index contributed by atoms with van der Waals surface area (Å²) >= 11 is 0. The van der Waals surface area contributed by atoms with Crippen LogP contribution in [0.15, 0.2) is 23.8 Å². The number of nitrogens with two attached hydrogens (primary N) is 1. The fourth-order valence-corrected chi connectivity index (χ4v) is 3.34. The number of carbonyl (C=O) groups is 2. The van der Waals surface area contributed by atoms with Crippen molar-refractivity contribution in [1.82, 2.24) is 15.6 Å². The lowest BCUT2D eigenvalue weighted by molar-refractivity contribution is -0.117. The highest BCUT2D eigenvalue weighted by Crippen LogP contribution is 2.32. The maximum atomic E-state index is 15.1. The summed E-state index contributed by atoms with van der Waals surface area (Å²) in [5, 5.41) is 5.44. The normalized spacial score (nSPS) is 19.3. The molecule has 8 nitrogen and oxygen atoms in total. The second-order valence-electron chi connectivity index (χ2n) is 6.29. The number of anilines is 1. The van der Waals surface area contributed by atoms with Crippen LogP contribution in [0.2, 0.25) is 0 Å². The smallest absolute Gasteiger partial charge is 0.254 e. The Morgan fingerprint density at radius 1 is 1.56 bits per heavy atom. The van der Waals surface area contributed by atoms with E-state index in [1.165, 1.54) is 18.5 Å². The molecule has 1 saturated heterocycles. The number of allylic oxidation sites excluding steroid dienone is 1. The van der Waals surface area contributed by atoms with Gasteiger partial charge in [0.25, 0.3) is 5.91 Å². The Hall–Kier alpha value is -3.23. The summed E-state index contributed by atoms with van der Waals surface area (Å²) in [6.07, 6.45) is 4.63. The minimum atomic E-state index is -0.535. The van der Waals surface area contributed by atoms with Gasteiger partial charge in [-0.05, 0) is 12.5 Å². The second-order valence-corrected chi connectivity index (χ2v) is 6.29. The highest BCUT2D eigenvalue weighted by Gasteiger charge is 2.34. The van der Waals surface area contributed by atoms with E-state index in [0.29, 0.717) is 30.8 Å². The number of aliphatic imine (C=N–C) groups is 1. The van der Waals surface area contributed by atoms with E-state index in [0.717, 1.165) is 0 Å². The molecule has 0 aliphatic carbocycles. The van der Waals surface area contributed by atoms with Crippen LogP contribution in [0, 0.1) is 5.82 Å². The molecule has 3 heterocycles. The Morgan fingerprint density at radius 2 is 2.33 bits per heavy atom. The summed E-state index contributed by atoms with van der Waals surface area (Å²) in [6.45, 7) is 4.45. The summed E-state index contributed by atoms with van der Waals surface area (Å²) < 4.78 is 15.1. The number of nitrogens with one attached hydrogen (secondary N) is 2. The molecule has 1 atom stereocenters. The standard InChI is InChI=1S/C18H21FN6O2/c1-3-13(26)23-11-4-5-25(9-11)17-15(19)12-8-22-18(27)14(12)16(24-17)10(6-20)7-21-2/h3,6-7,11H,1,4-5,8-9,20H2,2H3,(H,22,27)(H,23,26). The minimum absolute atomic E-state index is 0.0914. The Kier molecular flexibility index (Phi) is 5.20. The van der Waals surface area contributed by atoms with Crippen LogP contribution in [0.25, 0.3) is 5.57 Å². The number of fused-ring (bicyclic) bond motifs is 1. The molecular formula is C18H21FN6O2. The maximum Gasteiger partial charge on any atom is 0.254 e. The van der Waals surface area contributed by atoms with Crippen molar-refractivity contribution in [1.29, 1.82) is 0 Å². The first-order valence-electron chi connectivity index (χ1n) is 8.53. The lowest BCUT2D eigenvalue weighted by Gasteiger charge is -2.21. The molecule has 1 unspecified atom stereocenters. The van der Waals surface area contributed by atoms with Crippen LogP contribution in [-0.2, 0) is 11.3 Å². The average molecular weight is 372 g/mol. The van der Waals surface area contributed by atoms with Gasteiger partial charge in [-0.15, -0.1) is 0 Å². The third-order valence-electron chi connectivity index (χ3n) is 4.61. The van der Waals surface area contributed by atoms with Crippen molar-refractivity contribution in [2.45, 2.75) is 19.0 Å². The number of carbonyl (C=O) groups excluding carboxylic acids is 2. The Morgan fingerprint density at radius 3 is 3.00 bits per heavy atom.